The molecule has 24 heavy (non-hydrogen) atoms. The Bertz CT molecular complexity index is 973. The number of nitrogens with one attached hydrogen (secondary N) is 1. The molecular weight excluding hydrogens is 302 g/mol. The summed E-state index contributed by atoms with van der Waals surface area (Å²) in [6.45, 7) is 2.08. The van der Waals surface area contributed by atoms with Gasteiger partial charge in [0.05, 0.1) is 5.52 Å². The normalized spacial score (nSPS) is 12.5. The first kappa shape index (κ1) is 14.4. The predicted molar refractivity (Wildman–Crippen MR) is 92.4 cm³/mol. The highest BCUT2D eigenvalue weighted by Crippen LogP contribution is 2.27. The van der Waals surface area contributed by atoms with E-state index in [1.54, 1.807) is 0 Å². The van der Waals surface area contributed by atoms with Gasteiger partial charge in [0.25, 0.3) is 0 Å². The molecule has 2 heterocycles. The van der Waals surface area contributed by atoms with Crippen molar-refractivity contribution in [1.82, 2.24) is 20.4 Å². The number of anilines is 1. The van der Waals surface area contributed by atoms with E-state index in [0.29, 0.717) is 17.6 Å². The van der Waals surface area contributed by atoms with Gasteiger partial charge in [0.2, 0.25) is 11.8 Å². The van der Waals surface area contributed by atoms with Gasteiger partial charge in [0.15, 0.2) is 5.82 Å². The molecule has 0 fully saturated rings. The Morgan fingerprint density at radius 1 is 1.12 bits per heavy atom. The molecule has 0 aliphatic carbocycles. The van der Waals surface area contributed by atoms with E-state index in [4.69, 9.17) is 10.2 Å². The number of fused-ring (bicyclic) bond motifs is 1. The number of hydrogen-bond donors (Lipinski definition) is 2. The molecule has 0 radical (unpaired) electrons. The molecule has 0 bridgehead atoms. The van der Waals surface area contributed by atoms with Crippen LogP contribution in [0.1, 0.15) is 24.3 Å². The molecule has 0 amide bonds. The first-order valence-electron chi connectivity index (χ1n) is 7.82. The second-order valence-corrected chi connectivity index (χ2v) is 5.91. The van der Waals surface area contributed by atoms with Crippen LogP contribution in [0.2, 0.25) is 0 Å². The van der Waals surface area contributed by atoms with Gasteiger partial charge in [-0.05, 0) is 30.2 Å². The van der Waals surface area contributed by atoms with Crippen LogP contribution in [0.15, 0.2) is 52.9 Å². The highest BCUT2D eigenvalue weighted by molar-refractivity contribution is 5.91. The third-order valence-corrected chi connectivity index (χ3v) is 4.09. The van der Waals surface area contributed by atoms with Crippen molar-refractivity contribution in [1.29, 1.82) is 0 Å². The van der Waals surface area contributed by atoms with Crippen LogP contribution in [-0.4, -0.2) is 20.4 Å². The average Bonchev–Trinajstić information content (AvgIpc) is 3.23. The van der Waals surface area contributed by atoms with Crippen LogP contribution in [0.4, 0.5) is 5.82 Å². The Morgan fingerprint density at radius 2 is 1.96 bits per heavy atom. The summed E-state index contributed by atoms with van der Waals surface area (Å²) >= 11 is 0. The summed E-state index contributed by atoms with van der Waals surface area (Å²) in [5, 5.41) is 16.1. The fourth-order valence-corrected chi connectivity index (χ4v) is 2.77. The second kappa shape index (κ2) is 5.81. The molecule has 0 aliphatic heterocycles. The van der Waals surface area contributed by atoms with Crippen molar-refractivity contribution in [2.45, 2.75) is 19.3 Å². The minimum atomic E-state index is 0.149. The zero-order valence-electron chi connectivity index (χ0n) is 13.2. The number of H-pyrrole nitrogens is 1. The Balaban J connectivity index is 1.60. The summed E-state index contributed by atoms with van der Waals surface area (Å²) < 4.78 is 5.88. The maximum absolute atomic E-state index is 5.88. The smallest absolute Gasteiger partial charge is 0.247 e. The van der Waals surface area contributed by atoms with Gasteiger partial charge in [-0.15, -0.1) is 10.2 Å². The zero-order valence-corrected chi connectivity index (χ0v) is 13.2. The number of nitrogen functional groups attached to an aromatic ring is 1. The van der Waals surface area contributed by atoms with Crippen molar-refractivity contribution in [3.63, 3.8) is 0 Å². The van der Waals surface area contributed by atoms with Gasteiger partial charge in [-0.1, -0.05) is 37.3 Å². The van der Waals surface area contributed by atoms with Gasteiger partial charge in [0.1, 0.15) is 0 Å². The highest BCUT2D eigenvalue weighted by Gasteiger charge is 2.16. The zero-order chi connectivity index (χ0) is 16.5. The van der Waals surface area contributed by atoms with Crippen LogP contribution < -0.4 is 5.73 Å². The molecule has 6 heteroatoms. The quantitative estimate of drug-likeness (QED) is 0.600. The Labute approximate surface area is 138 Å². The van der Waals surface area contributed by atoms with E-state index in [-0.39, 0.29) is 5.92 Å². The monoisotopic (exact) mass is 319 g/mol. The molecule has 2 aromatic carbocycles. The maximum Gasteiger partial charge on any atom is 0.247 e. The van der Waals surface area contributed by atoms with Crippen molar-refractivity contribution in [3.8, 4) is 11.5 Å². The van der Waals surface area contributed by atoms with E-state index in [1.807, 2.05) is 36.4 Å². The lowest BCUT2D eigenvalue weighted by Crippen LogP contribution is -1.98. The van der Waals surface area contributed by atoms with E-state index in [1.165, 1.54) is 5.56 Å². The van der Waals surface area contributed by atoms with Gasteiger partial charge in [0, 0.05) is 16.9 Å². The van der Waals surface area contributed by atoms with Crippen LogP contribution >= 0.6 is 0 Å². The largest absolute Gasteiger partial charge is 0.420 e. The van der Waals surface area contributed by atoms with Gasteiger partial charge in [-0.3, -0.25) is 5.10 Å². The average molecular weight is 319 g/mol. The molecule has 6 nitrogen and oxygen atoms in total. The summed E-state index contributed by atoms with van der Waals surface area (Å²) in [7, 11) is 0. The standard InChI is InChI=1S/C18H17N5O/c1-11(9-12-5-3-2-4-6-12)17-22-23-18(24-17)13-7-8-15-14(10-13)16(19)21-20-15/h2-8,10-11H,9H2,1H3,(H3,19,20,21)/t11-/m1/s1. The summed E-state index contributed by atoms with van der Waals surface area (Å²) in [6, 6.07) is 16.0. The molecule has 0 saturated carbocycles. The topological polar surface area (TPSA) is 93.6 Å². The molecule has 0 unspecified atom stereocenters. The Hall–Kier alpha value is -3.15. The van der Waals surface area contributed by atoms with E-state index < -0.39 is 0 Å². The van der Waals surface area contributed by atoms with E-state index in [9.17, 15) is 0 Å². The number of aromatic amines is 1. The fraction of sp³-hybridized carbons (Fsp3) is 0.167. The molecule has 4 aromatic rings. The molecule has 4 rings (SSSR count). The number of rotatable bonds is 4. The summed E-state index contributed by atoms with van der Waals surface area (Å²) in [4.78, 5) is 0. The lowest BCUT2D eigenvalue weighted by Gasteiger charge is -2.06. The lowest BCUT2D eigenvalue weighted by atomic mass is 10.0. The Morgan fingerprint density at radius 3 is 2.79 bits per heavy atom. The maximum atomic E-state index is 5.88. The van der Waals surface area contributed by atoms with E-state index >= 15 is 0 Å². The van der Waals surface area contributed by atoms with Crippen LogP contribution in [-0.2, 0) is 6.42 Å². The number of nitrogens with zero attached hydrogens (tertiary/aromatic N) is 3. The fourth-order valence-electron chi connectivity index (χ4n) is 2.77. The lowest BCUT2D eigenvalue weighted by molar-refractivity contribution is 0.466. The number of hydrogen-bond acceptors (Lipinski definition) is 5. The Kier molecular flexibility index (Phi) is 3.49. The SMILES string of the molecule is C[C@H](Cc1ccccc1)c1nnc(-c2ccc3[nH]nc(N)c3c2)o1. The van der Waals surface area contributed by atoms with Crippen LogP contribution in [0.25, 0.3) is 22.4 Å². The molecule has 0 saturated heterocycles. The summed E-state index contributed by atoms with van der Waals surface area (Å²) in [5.74, 6) is 1.74. The van der Waals surface area contributed by atoms with E-state index in [2.05, 4.69) is 39.5 Å². The first-order chi connectivity index (χ1) is 11.7. The number of benzene rings is 2. The van der Waals surface area contributed by atoms with Crippen molar-refractivity contribution < 1.29 is 4.42 Å². The molecule has 120 valence electrons. The number of aromatic nitrogens is 4. The number of nitrogens with two attached hydrogens (primary N) is 1. The van der Waals surface area contributed by atoms with Crippen molar-refractivity contribution in [2.75, 3.05) is 5.73 Å². The van der Waals surface area contributed by atoms with E-state index in [0.717, 1.165) is 22.9 Å². The second-order valence-electron chi connectivity index (χ2n) is 5.91. The van der Waals surface area contributed by atoms with Gasteiger partial charge < -0.3 is 10.2 Å². The molecule has 2 aromatic heterocycles. The van der Waals surface area contributed by atoms with Gasteiger partial charge in [-0.25, -0.2) is 0 Å². The molecule has 0 aliphatic rings. The van der Waals surface area contributed by atoms with Gasteiger partial charge >= 0.3 is 0 Å². The molecule has 3 N–H and O–H groups in total. The van der Waals surface area contributed by atoms with Crippen molar-refractivity contribution >= 4 is 16.7 Å². The van der Waals surface area contributed by atoms with Crippen LogP contribution in [0.3, 0.4) is 0 Å². The molecule has 0 spiro atoms. The summed E-state index contributed by atoms with van der Waals surface area (Å²) in [5.41, 5.74) is 8.82. The minimum Gasteiger partial charge on any atom is -0.420 e. The van der Waals surface area contributed by atoms with Crippen molar-refractivity contribution in [3.05, 3.63) is 60.0 Å². The first-order valence-corrected chi connectivity index (χ1v) is 7.82. The third-order valence-electron chi connectivity index (χ3n) is 4.09. The summed E-state index contributed by atoms with van der Waals surface area (Å²) in [6.07, 6.45) is 0.857. The van der Waals surface area contributed by atoms with Crippen molar-refractivity contribution in [2.24, 2.45) is 0 Å². The predicted octanol–water partition coefficient (Wildman–Crippen LogP) is 3.54. The van der Waals surface area contributed by atoms with Gasteiger partial charge in [-0.2, -0.15) is 5.10 Å². The third kappa shape index (κ3) is 2.62. The van der Waals surface area contributed by atoms with Crippen LogP contribution in [0.5, 0.6) is 0 Å². The van der Waals surface area contributed by atoms with Crippen LogP contribution in [0, 0.1) is 0 Å². The highest BCUT2D eigenvalue weighted by atomic mass is 16.4. The molecule has 1 atom stereocenters. The molecular formula is C18H17N5O. The minimum absolute atomic E-state index is 0.149.